The first-order chi connectivity index (χ1) is 9.65. The molecule has 2 aromatic rings. The summed E-state index contributed by atoms with van der Waals surface area (Å²) in [5, 5.41) is 10.8. The van der Waals surface area contributed by atoms with E-state index in [9.17, 15) is 4.79 Å². The molecule has 3 rings (SSSR count). The number of imidazole rings is 1. The lowest BCUT2D eigenvalue weighted by Crippen LogP contribution is -2.34. The van der Waals surface area contributed by atoms with E-state index < -0.39 is 5.97 Å². The van der Waals surface area contributed by atoms with Gasteiger partial charge in [-0.2, -0.15) is 0 Å². The molecule has 2 aromatic heterocycles. The number of anilines is 1. The average molecular weight is 291 g/mol. The molecule has 0 bridgehead atoms. The quantitative estimate of drug-likeness (QED) is 0.883. The van der Waals surface area contributed by atoms with E-state index >= 15 is 0 Å². The molecule has 6 heteroatoms. The van der Waals surface area contributed by atoms with Crippen molar-refractivity contribution in [3.8, 4) is 0 Å². The molecule has 1 unspecified atom stereocenters. The fourth-order valence-corrected chi connectivity index (χ4v) is 3.43. The molecule has 20 heavy (non-hydrogen) atoms. The third-order valence-electron chi connectivity index (χ3n) is 3.62. The molecule has 1 atom stereocenters. The van der Waals surface area contributed by atoms with Crippen LogP contribution < -0.4 is 4.90 Å². The van der Waals surface area contributed by atoms with E-state index in [2.05, 4.69) is 16.8 Å². The van der Waals surface area contributed by atoms with Crippen LogP contribution in [0.1, 0.15) is 25.5 Å². The Morgan fingerprint density at radius 2 is 2.45 bits per heavy atom. The van der Waals surface area contributed by atoms with Gasteiger partial charge < -0.3 is 10.0 Å². The van der Waals surface area contributed by atoms with Crippen molar-refractivity contribution in [1.82, 2.24) is 9.38 Å². The first kappa shape index (κ1) is 13.2. The Kier molecular flexibility index (Phi) is 3.48. The zero-order chi connectivity index (χ0) is 14.1. The molecule has 106 valence electrons. The number of thiazole rings is 1. The Labute approximate surface area is 121 Å². The van der Waals surface area contributed by atoms with Gasteiger partial charge in [0.15, 0.2) is 10.8 Å². The largest absolute Gasteiger partial charge is 0.478 e. The highest BCUT2D eigenvalue weighted by atomic mass is 32.1. The van der Waals surface area contributed by atoms with Gasteiger partial charge in [0, 0.05) is 30.7 Å². The van der Waals surface area contributed by atoms with Crippen molar-refractivity contribution in [3.63, 3.8) is 0 Å². The summed E-state index contributed by atoms with van der Waals surface area (Å²) in [6.07, 6.45) is 7.17. The van der Waals surface area contributed by atoms with E-state index in [1.165, 1.54) is 12.5 Å². The van der Waals surface area contributed by atoms with E-state index in [4.69, 9.17) is 5.11 Å². The summed E-state index contributed by atoms with van der Waals surface area (Å²) in [5.74, 6) is 0.619. The number of carbonyl (C=O) groups is 1. The summed E-state index contributed by atoms with van der Waals surface area (Å²) >= 11 is 1.57. The van der Waals surface area contributed by atoms with Gasteiger partial charge in [0.1, 0.15) is 0 Å². The van der Waals surface area contributed by atoms with Crippen molar-refractivity contribution in [2.75, 3.05) is 18.0 Å². The van der Waals surface area contributed by atoms with E-state index in [0.29, 0.717) is 5.92 Å². The zero-order valence-electron chi connectivity index (χ0n) is 11.3. The number of carboxylic acid groups (broad SMARTS) is 1. The van der Waals surface area contributed by atoms with Crippen molar-refractivity contribution in [3.05, 3.63) is 23.3 Å². The molecule has 0 saturated carbocycles. The summed E-state index contributed by atoms with van der Waals surface area (Å²) in [5.41, 5.74) is 0.859. The van der Waals surface area contributed by atoms with Crippen LogP contribution in [0.3, 0.4) is 0 Å². The van der Waals surface area contributed by atoms with Gasteiger partial charge in [0.25, 0.3) is 0 Å². The monoisotopic (exact) mass is 291 g/mol. The van der Waals surface area contributed by atoms with Crippen LogP contribution in [0.5, 0.6) is 0 Å². The maximum atomic E-state index is 10.8. The molecule has 0 spiro atoms. The number of carboxylic acids is 1. The summed E-state index contributed by atoms with van der Waals surface area (Å²) in [7, 11) is 0. The molecule has 1 aliphatic heterocycles. The normalized spacial score (nSPS) is 20.1. The van der Waals surface area contributed by atoms with Gasteiger partial charge in [-0.05, 0) is 24.8 Å². The number of nitrogens with zero attached hydrogens (tertiary/aromatic N) is 3. The molecule has 1 N–H and O–H groups in total. The van der Waals surface area contributed by atoms with Crippen molar-refractivity contribution in [2.24, 2.45) is 5.92 Å². The Balaban J connectivity index is 2.02. The lowest BCUT2D eigenvalue weighted by atomic mass is 10.0. The third-order valence-corrected chi connectivity index (χ3v) is 4.38. The second-order valence-corrected chi connectivity index (χ2v) is 6.11. The Morgan fingerprint density at radius 1 is 1.60 bits per heavy atom. The molecule has 3 heterocycles. The van der Waals surface area contributed by atoms with Crippen LogP contribution in [0.25, 0.3) is 11.0 Å². The minimum atomic E-state index is -0.937. The maximum Gasteiger partial charge on any atom is 0.328 e. The fraction of sp³-hybridized carbons (Fsp3) is 0.429. The van der Waals surface area contributed by atoms with Crippen molar-refractivity contribution in [1.29, 1.82) is 0 Å². The molecule has 1 fully saturated rings. The highest BCUT2D eigenvalue weighted by Crippen LogP contribution is 2.29. The predicted molar refractivity (Wildman–Crippen MR) is 80.3 cm³/mol. The number of aliphatic carboxylic acids is 1. The van der Waals surface area contributed by atoms with Crippen LogP contribution in [0, 0.1) is 5.92 Å². The Morgan fingerprint density at radius 3 is 3.20 bits per heavy atom. The zero-order valence-corrected chi connectivity index (χ0v) is 12.1. The third kappa shape index (κ3) is 2.43. The molecule has 1 aliphatic rings. The molecule has 5 nitrogen and oxygen atoms in total. The number of rotatable bonds is 3. The molecule has 0 aromatic carbocycles. The van der Waals surface area contributed by atoms with E-state index in [0.717, 1.165) is 36.0 Å². The predicted octanol–water partition coefficient (Wildman–Crippen LogP) is 2.73. The van der Waals surface area contributed by atoms with Gasteiger partial charge in [0.05, 0.1) is 5.69 Å². The van der Waals surface area contributed by atoms with E-state index in [1.54, 1.807) is 17.4 Å². The van der Waals surface area contributed by atoms with Crippen LogP contribution in [0.4, 0.5) is 5.82 Å². The second-order valence-electron chi connectivity index (χ2n) is 5.24. The summed E-state index contributed by atoms with van der Waals surface area (Å²) in [4.78, 5) is 18.6. The molecular weight excluding hydrogens is 274 g/mol. The standard InChI is InChI=1S/C14H17N3O2S/c1-10-3-2-6-16(9-10)13-11(4-5-12(18)19)17-7-8-20-14(17)15-13/h4-5,7-8,10H,2-3,6,9H2,1H3,(H,18,19)/b5-4+. The van der Waals surface area contributed by atoms with Crippen LogP contribution >= 0.6 is 11.3 Å². The van der Waals surface area contributed by atoms with E-state index in [1.807, 2.05) is 16.0 Å². The van der Waals surface area contributed by atoms with Crippen LogP contribution in [0.2, 0.25) is 0 Å². The van der Waals surface area contributed by atoms with Crippen LogP contribution in [-0.4, -0.2) is 33.6 Å². The van der Waals surface area contributed by atoms with Crippen molar-refractivity contribution in [2.45, 2.75) is 19.8 Å². The lowest BCUT2D eigenvalue weighted by molar-refractivity contribution is -0.131. The highest BCUT2D eigenvalue weighted by molar-refractivity contribution is 7.15. The van der Waals surface area contributed by atoms with E-state index in [-0.39, 0.29) is 0 Å². The molecular formula is C14H17N3O2S. The summed E-state index contributed by atoms with van der Waals surface area (Å²) < 4.78 is 1.96. The Hall–Kier alpha value is -1.82. The number of piperidine rings is 1. The van der Waals surface area contributed by atoms with Crippen molar-refractivity contribution < 1.29 is 9.90 Å². The SMILES string of the molecule is CC1CCCN(c2nc3sccn3c2/C=C/C(=O)O)C1. The maximum absolute atomic E-state index is 10.8. The first-order valence-corrected chi connectivity index (χ1v) is 7.64. The number of hydrogen-bond acceptors (Lipinski definition) is 4. The number of hydrogen-bond donors (Lipinski definition) is 1. The van der Waals surface area contributed by atoms with Crippen LogP contribution in [0.15, 0.2) is 17.7 Å². The van der Waals surface area contributed by atoms with Gasteiger partial charge in [-0.25, -0.2) is 9.78 Å². The average Bonchev–Trinajstić information content (AvgIpc) is 2.96. The van der Waals surface area contributed by atoms with Gasteiger partial charge >= 0.3 is 5.97 Å². The summed E-state index contributed by atoms with van der Waals surface area (Å²) in [6, 6.07) is 0. The molecule has 0 aliphatic carbocycles. The highest BCUT2D eigenvalue weighted by Gasteiger charge is 2.22. The van der Waals surface area contributed by atoms with Crippen molar-refractivity contribution >= 4 is 34.2 Å². The first-order valence-electron chi connectivity index (χ1n) is 6.76. The molecule has 0 radical (unpaired) electrons. The second kappa shape index (κ2) is 5.28. The van der Waals surface area contributed by atoms with Gasteiger partial charge in [-0.1, -0.05) is 6.92 Å². The topological polar surface area (TPSA) is 57.8 Å². The minimum absolute atomic E-state index is 0.653. The molecule has 1 saturated heterocycles. The van der Waals surface area contributed by atoms with Gasteiger partial charge in [-0.3, -0.25) is 4.40 Å². The molecule has 0 amide bonds. The van der Waals surface area contributed by atoms with Gasteiger partial charge in [0.2, 0.25) is 0 Å². The lowest BCUT2D eigenvalue weighted by Gasteiger charge is -2.31. The Bertz CT molecular complexity index is 658. The smallest absolute Gasteiger partial charge is 0.328 e. The van der Waals surface area contributed by atoms with Gasteiger partial charge in [-0.15, -0.1) is 11.3 Å². The fourth-order valence-electron chi connectivity index (χ4n) is 2.71. The number of aromatic nitrogens is 2. The summed E-state index contributed by atoms with van der Waals surface area (Å²) in [6.45, 7) is 4.22. The van der Waals surface area contributed by atoms with Crippen LogP contribution in [-0.2, 0) is 4.79 Å². The number of fused-ring (bicyclic) bond motifs is 1. The minimum Gasteiger partial charge on any atom is -0.478 e.